The van der Waals surface area contributed by atoms with Crippen LogP contribution in [0.4, 0.5) is 17.2 Å². The van der Waals surface area contributed by atoms with Crippen molar-refractivity contribution in [2.45, 2.75) is 32.1 Å². The van der Waals surface area contributed by atoms with Gasteiger partial charge in [0.05, 0.1) is 5.56 Å². The number of nitrogens with one attached hydrogen (secondary N) is 2. The Morgan fingerprint density at radius 3 is 2.73 bits per heavy atom. The van der Waals surface area contributed by atoms with E-state index >= 15 is 0 Å². The Bertz CT molecular complexity index is 918. The zero-order chi connectivity index (χ0) is 21.3. The summed E-state index contributed by atoms with van der Waals surface area (Å²) in [6.45, 7) is 9.11. The molecule has 1 saturated heterocycles. The third kappa shape index (κ3) is 4.15. The predicted molar refractivity (Wildman–Crippen MR) is 124 cm³/mol. The van der Waals surface area contributed by atoms with Gasteiger partial charge in [-0.3, -0.25) is 4.79 Å². The van der Waals surface area contributed by atoms with Crippen molar-refractivity contribution in [1.29, 1.82) is 0 Å². The van der Waals surface area contributed by atoms with Gasteiger partial charge in [-0.15, -0.1) is 0 Å². The Kier molecular flexibility index (Phi) is 5.69. The highest BCUT2D eigenvalue weighted by atomic mass is 16.1. The first-order valence-corrected chi connectivity index (χ1v) is 10.9. The van der Waals surface area contributed by atoms with Crippen LogP contribution in [-0.2, 0) is 5.41 Å². The summed E-state index contributed by atoms with van der Waals surface area (Å²) >= 11 is 0. The lowest BCUT2D eigenvalue weighted by molar-refractivity contribution is 0.102. The molecule has 6 nitrogen and oxygen atoms in total. The van der Waals surface area contributed by atoms with Crippen molar-refractivity contribution in [2.75, 3.05) is 55.8 Å². The highest BCUT2D eigenvalue weighted by molar-refractivity contribution is 6.07. The molecule has 0 radical (unpaired) electrons. The van der Waals surface area contributed by atoms with Crippen molar-refractivity contribution >= 4 is 23.1 Å². The van der Waals surface area contributed by atoms with E-state index in [4.69, 9.17) is 0 Å². The largest absolute Gasteiger partial charge is 0.372 e. The van der Waals surface area contributed by atoms with Gasteiger partial charge in [-0.1, -0.05) is 19.9 Å². The molecular weight excluding hydrogens is 374 g/mol. The maximum atomic E-state index is 12.8. The van der Waals surface area contributed by atoms with Crippen LogP contribution in [0.2, 0.25) is 0 Å². The van der Waals surface area contributed by atoms with E-state index in [1.165, 1.54) is 37.2 Å². The Balaban J connectivity index is 1.54. The molecule has 30 heavy (non-hydrogen) atoms. The van der Waals surface area contributed by atoms with E-state index < -0.39 is 0 Å². The van der Waals surface area contributed by atoms with Crippen LogP contribution >= 0.6 is 0 Å². The van der Waals surface area contributed by atoms with Gasteiger partial charge >= 0.3 is 0 Å². The monoisotopic (exact) mass is 407 g/mol. The predicted octanol–water partition coefficient (Wildman–Crippen LogP) is 3.82. The molecule has 3 heterocycles. The minimum absolute atomic E-state index is 0.117. The van der Waals surface area contributed by atoms with Crippen molar-refractivity contribution in [1.82, 2.24) is 9.88 Å². The van der Waals surface area contributed by atoms with Crippen LogP contribution in [0.15, 0.2) is 36.5 Å². The molecule has 1 fully saturated rings. The molecule has 4 rings (SSSR count). The van der Waals surface area contributed by atoms with Gasteiger partial charge in [0.25, 0.3) is 5.91 Å². The normalized spacial score (nSPS) is 18.9. The van der Waals surface area contributed by atoms with Crippen LogP contribution in [0, 0.1) is 5.92 Å². The van der Waals surface area contributed by atoms with Gasteiger partial charge in [-0.2, -0.15) is 0 Å². The number of piperidine rings is 1. The van der Waals surface area contributed by atoms with Gasteiger partial charge in [0.2, 0.25) is 0 Å². The molecule has 2 aliphatic heterocycles. The summed E-state index contributed by atoms with van der Waals surface area (Å²) in [7, 11) is 3.98. The van der Waals surface area contributed by atoms with Crippen LogP contribution in [0.5, 0.6) is 0 Å². The topological polar surface area (TPSA) is 60.5 Å². The van der Waals surface area contributed by atoms with Crippen LogP contribution in [0.3, 0.4) is 0 Å². The van der Waals surface area contributed by atoms with Crippen LogP contribution in [-0.4, -0.2) is 56.1 Å². The van der Waals surface area contributed by atoms with Gasteiger partial charge in [-0.05, 0) is 68.7 Å². The number of benzene rings is 1. The lowest BCUT2D eigenvalue weighted by atomic mass is 9.87. The van der Waals surface area contributed by atoms with E-state index in [0.29, 0.717) is 11.4 Å². The maximum absolute atomic E-state index is 12.8. The Hall–Kier alpha value is -2.60. The number of aromatic nitrogens is 1. The lowest BCUT2D eigenvalue weighted by Gasteiger charge is -2.33. The Morgan fingerprint density at radius 2 is 2.00 bits per heavy atom. The lowest BCUT2D eigenvalue weighted by Crippen LogP contribution is -2.38. The fourth-order valence-corrected chi connectivity index (χ4v) is 4.80. The van der Waals surface area contributed by atoms with E-state index in [2.05, 4.69) is 58.4 Å². The SMILES string of the molecule is CNc1ncccc1C(=O)Nc1ccc2c(c1)N(CC1CCN(C)CC1)CC2(C)C. The van der Waals surface area contributed by atoms with Crippen LogP contribution < -0.4 is 15.5 Å². The summed E-state index contributed by atoms with van der Waals surface area (Å²) in [5, 5.41) is 6.05. The number of hydrogen-bond acceptors (Lipinski definition) is 5. The van der Waals surface area contributed by atoms with Gasteiger partial charge < -0.3 is 20.4 Å². The molecule has 160 valence electrons. The molecule has 6 heteroatoms. The van der Waals surface area contributed by atoms with E-state index in [1.807, 2.05) is 6.07 Å². The smallest absolute Gasteiger partial charge is 0.259 e. The van der Waals surface area contributed by atoms with Gasteiger partial charge in [-0.25, -0.2) is 4.98 Å². The molecule has 0 atom stereocenters. The number of amides is 1. The number of carbonyl (C=O) groups is 1. The molecule has 1 amide bonds. The zero-order valence-electron chi connectivity index (χ0n) is 18.5. The van der Waals surface area contributed by atoms with Gasteiger partial charge in [0.15, 0.2) is 0 Å². The highest BCUT2D eigenvalue weighted by Gasteiger charge is 2.36. The Labute approximate surface area is 179 Å². The summed E-state index contributed by atoms with van der Waals surface area (Å²) in [5.41, 5.74) is 4.12. The Morgan fingerprint density at radius 1 is 1.23 bits per heavy atom. The van der Waals surface area contributed by atoms with E-state index in [1.54, 1.807) is 25.4 Å². The van der Waals surface area contributed by atoms with E-state index in [-0.39, 0.29) is 11.3 Å². The van der Waals surface area contributed by atoms with Crippen molar-refractivity contribution in [3.63, 3.8) is 0 Å². The van der Waals surface area contributed by atoms with Crippen molar-refractivity contribution in [3.8, 4) is 0 Å². The van der Waals surface area contributed by atoms with E-state index in [0.717, 1.165) is 24.7 Å². The zero-order valence-corrected chi connectivity index (χ0v) is 18.5. The molecule has 0 spiro atoms. The van der Waals surface area contributed by atoms with Crippen molar-refractivity contribution < 1.29 is 4.79 Å². The molecule has 0 aliphatic carbocycles. The first kappa shape index (κ1) is 20.7. The molecule has 0 unspecified atom stereocenters. The molecule has 2 aromatic rings. The van der Waals surface area contributed by atoms with Gasteiger partial charge in [0.1, 0.15) is 5.82 Å². The van der Waals surface area contributed by atoms with Crippen LogP contribution in [0.1, 0.15) is 42.6 Å². The molecule has 0 bridgehead atoms. The quantitative estimate of drug-likeness (QED) is 0.789. The summed E-state index contributed by atoms with van der Waals surface area (Å²) in [6, 6.07) is 9.92. The van der Waals surface area contributed by atoms with Crippen molar-refractivity contribution in [2.24, 2.45) is 5.92 Å². The number of nitrogens with zero attached hydrogens (tertiary/aromatic N) is 3. The molecule has 0 saturated carbocycles. The first-order valence-electron chi connectivity index (χ1n) is 10.9. The summed E-state index contributed by atoms with van der Waals surface area (Å²) < 4.78 is 0. The number of fused-ring (bicyclic) bond motifs is 1. The summed E-state index contributed by atoms with van der Waals surface area (Å²) in [4.78, 5) is 22.0. The third-order valence-electron chi connectivity index (χ3n) is 6.52. The fourth-order valence-electron chi connectivity index (χ4n) is 4.80. The molecule has 1 aromatic carbocycles. The summed E-state index contributed by atoms with van der Waals surface area (Å²) in [6.07, 6.45) is 4.20. The number of likely N-dealkylation sites (tertiary alicyclic amines) is 1. The second-order valence-corrected chi connectivity index (χ2v) is 9.35. The average molecular weight is 408 g/mol. The molecule has 2 N–H and O–H groups in total. The number of rotatable bonds is 5. The van der Waals surface area contributed by atoms with Gasteiger partial charge in [0, 0.05) is 43.1 Å². The minimum Gasteiger partial charge on any atom is -0.372 e. The van der Waals surface area contributed by atoms with E-state index in [9.17, 15) is 4.79 Å². The third-order valence-corrected chi connectivity index (χ3v) is 6.52. The number of carbonyl (C=O) groups excluding carboxylic acids is 1. The first-order chi connectivity index (χ1) is 14.4. The standard InChI is InChI=1S/C24H33N5O/c1-24(2)16-29(15-17-9-12-28(4)13-10-17)21-14-18(7-8-20(21)24)27-23(30)19-6-5-11-26-22(19)25-3/h5-8,11,14,17H,9-10,12-13,15-16H2,1-4H3,(H,25,26)(H,27,30). The number of pyridine rings is 1. The van der Waals surface area contributed by atoms with Crippen LogP contribution in [0.25, 0.3) is 0 Å². The maximum Gasteiger partial charge on any atom is 0.259 e. The minimum atomic E-state index is -0.147. The van der Waals surface area contributed by atoms with Crippen molar-refractivity contribution in [3.05, 3.63) is 47.7 Å². The molecular formula is C24H33N5O. The molecule has 1 aromatic heterocycles. The molecule has 2 aliphatic rings. The second-order valence-electron chi connectivity index (χ2n) is 9.35. The number of hydrogen-bond donors (Lipinski definition) is 2. The average Bonchev–Trinajstić information content (AvgIpc) is 2.99. The number of anilines is 3. The fraction of sp³-hybridized carbons (Fsp3) is 0.500. The highest BCUT2D eigenvalue weighted by Crippen LogP contribution is 2.42. The second kappa shape index (κ2) is 8.26. The summed E-state index contributed by atoms with van der Waals surface area (Å²) in [5.74, 6) is 1.17.